The molecular weight excluding hydrogens is 328 g/mol. The third-order valence-electron chi connectivity index (χ3n) is 4.72. The average molecular weight is 363 g/mol. The molecule has 0 aliphatic carbocycles. The highest BCUT2D eigenvalue weighted by molar-refractivity contribution is 5.80. The molecule has 0 aromatic heterocycles. The molecule has 1 N–H and O–H groups in total. The normalized spacial score (nSPS) is 17.9. The number of ether oxygens (including phenoxy) is 2. The van der Waals surface area contributed by atoms with Crippen molar-refractivity contribution < 1.29 is 9.47 Å². The molecule has 0 bridgehead atoms. The van der Waals surface area contributed by atoms with Gasteiger partial charge in [-0.05, 0) is 19.0 Å². The summed E-state index contributed by atoms with van der Waals surface area (Å²) >= 11 is 0. The van der Waals surface area contributed by atoms with Crippen LogP contribution >= 0.6 is 0 Å². The minimum atomic E-state index is 0.571. The summed E-state index contributed by atoms with van der Waals surface area (Å²) in [6.07, 6.45) is 1.16. The molecule has 0 amide bonds. The Balaban J connectivity index is 1.64. The Labute approximate surface area is 158 Å². The lowest BCUT2D eigenvalue weighted by molar-refractivity contribution is 0.0906. The van der Waals surface area contributed by atoms with E-state index in [1.165, 1.54) is 5.56 Å². The van der Waals surface area contributed by atoms with Crippen LogP contribution in [0.3, 0.4) is 0 Å². The van der Waals surface area contributed by atoms with E-state index in [0.717, 1.165) is 58.3 Å². The van der Waals surface area contributed by atoms with Gasteiger partial charge in [0.1, 0.15) is 0 Å². The van der Waals surface area contributed by atoms with Crippen LogP contribution in [0.25, 0.3) is 0 Å². The van der Waals surface area contributed by atoms with Crippen LogP contribution in [0.15, 0.2) is 35.3 Å². The first kappa shape index (κ1) is 20.7. The number of methoxy groups -OCH3 is 1. The molecule has 0 radical (unpaired) electrons. The number of guanidine groups is 1. The molecule has 26 heavy (non-hydrogen) atoms. The number of rotatable bonds is 10. The Morgan fingerprint density at radius 3 is 2.85 bits per heavy atom. The van der Waals surface area contributed by atoms with Gasteiger partial charge in [0.2, 0.25) is 0 Å². The van der Waals surface area contributed by atoms with E-state index in [1.807, 2.05) is 13.1 Å². The zero-order chi connectivity index (χ0) is 18.6. The van der Waals surface area contributed by atoms with E-state index < -0.39 is 0 Å². The van der Waals surface area contributed by atoms with Crippen molar-refractivity contribution in [1.29, 1.82) is 0 Å². The molecule has 1 aromatic rings. The molecule has 6 heteroatoms. The zero-order valence-corrected chi connectivity index (χ0v) is 16.5. The number of nitrogens with one attached hydrogen (secondary N) is 1. The van der Waals surface area contributed by atoms with Gasteiger partial charge >= 0.3 is 0 Å². The summed E-state index contributed by atoms with van der Waals surface area (Å²) in [6.45, 7) is 7.12. The summed E-state index contributed by atoms with van der Waals surface area (Å²) in [6, 6.07) is 10.4. The number of aliphatic imine (C=N–C) groups is 1. The molecule has 1 unspecified atom stereocenters. The topological polar surface area (TPSA) is 49.3 Å². The summed E-state index contributed by atoms with van der Waals surface area (Å²) in [5.74, 6) is 1.57. The first-order valence-electron chi connectivity index (χ1n) is 9.47. The number of likely N-dealkylation sites (N-methyl/N-ethyl adjacent to an activating group) is 1. The fourth-order valence-electron chi connectivity index (χ4n) is 3.13. The third kappa shape index (κ3) is 7.32. The molecular formula is C20H34N4O2. The molecule has 1 heterocycles. The Bertz CT molecular complexity index is 524. The molecule has 1 aromatic carbocycles. The van der Waals surface area contributed by atoms with Crippen molar-refractivity contribution in [2.24, 2.45) is 10.9 Å². The molecule has 1 saturated heterocycles. The monoisotopic (exact) mass is 362 g/mol. The molecule has 2 rings (SSSR count). The van der Waals surface area contributed by atoms with Gasteiger partial charge in [0.15, 0.2) is 5.96 Å². The van der Waals surface area contributed by atoms with Gasteiger partial charge in [-0.2, -0.15) is 0 Å². The van der Waals surface area contributed by atoms with Crippen molar-refractivity contribution >= 4 is 5.96 Å². The van der Waals surface area contributed by atoms with Gasteiger partial charge in [-0.25, -0.2) is 0 Å². The highest BCUT2D eigenvalue weighted by atomic mass is 16.5. The Morgan fingerprint density at radius 1 is 1.31 bits per heavy atom. The fraction of sp³-hybridized carbons (Fsp3) is 0.650. The van der Waals surface area contributed by atoms with Crippen LogP contribution in [-0.4, -0.2) is 82.9 Å². The zero-order valence-electron chi connectivity index (χ0n) is 16.5. The third-order valence-corrected chi connectivity index (χ3v) is 4.72. The summed E-state index contributed by atoms with van der Waals surface area (Å²) in [5, 5.41) is 3.47. The van der Waals surface area contributed by atoms with Crippen molar-refractivity contribution in [1.82, 2.24) is 15.1 Å². The van der Waals surface area contributed by atoms with Gasteiger partial charge in [-0.15, -0.1) is 0 Å². The number of hydrogen-bond donors (Lipinski definition) is 1. The standard InChI is InChI=1S/C20H34N4O2/c1-21-20(22-10-12-23(2)13-14-25-3)24-11-9-19(15-24)17-26-16-18-7-5-4-6-8-18/h4-8,19H,9-17H2,1-3H3,(H,21,22). The maximum absolute atomic E-state index is 5.91. The van der Waals surface area contributed by atoms with Crippen LogP contribution < -0.4 is 5.32 Å². The molecule has 6 nitrogen and oxygen atoms in total. The second-order valence-corrected chi connectivity index (χ2v) is 6.87. The highest BCUT2D eigenvalue weighted by Gasteiger charge is 2.24. The molecule has 0 spiro atoms. The molecule has 0 saturated carbocycles. The second-order valence-electron chi connectivity index (χ2n) is 6.87. The van der Waals surface area contributed by atoms with Crippen LogP contribution in [-0.2, 0) is 16.1 Å². The van der Waals surface area contributed by atoms with E-state index >= 15 is 0 Å². The van der Waals surface area contributed by atoms with Gasteiger partial charge in [0, 0.05) is 52.8 Å². The minimum absolute atomic E-state index is 0.571. The summed E-state index contributed by atoms with van der Waals surface area (Å²) < 4.78 is 11.0. The fourth-order valence-corrected chi connectivity index (χ4v) is 3.13. The Morgan fingerprint density at radius 2 is 2.12 bits per heavy atom. The second kappa shape index (κ2) is 11.9. The van der Waals surface area contributed by atoms with E-state index in [1.54, 1.807) is 7.11 Å². The van der Waals surface area contributed by atoms with Crippen LogP contribution in [0.2, 0.25) is 0 Å². The predicted molar refractivity (Wildman–Crippen MR) is 107 cm³/mol. The molecule has 1 aliphatic heterocycles. The number of hydrogen-bond acceptors (Lipinski definition) is 4. The van der Waals surface area contributed by atoms with E-state index in [9.17, 15) is 0 Å². The van der Waals surface area contributed by atoms with E-state index in [-0.39, 0.29) is 0 Å². The quantitative estimate of drug-likeness (QED) is 0.507. The van der Waals surface area contributed by atoms with Gasteiger partial charge in [-0.1, -0.05) is 30.3 Å². The van der Waals surface area contributed by atoms with Crippen molar-refractivity contribution in [2.45, 2.75) is 13.0 Å². The van der Waals surface area contributed by atoms with Crippen molar-refractivity contribution in [3.8, 4) is 0 Å². The highest BCUT2D eigenvalue weighted by Crippen LogP contribution is 2.17. The number of benzene rings is 1. The van der Waals surface area contributed by atoms with Gasteiger partial charge < -0.3 is 24.6 Å². The molecule has 1 fully saturated rings. The van der Waals surface area contributed by atoms with Gasteiger partial charge in [-0.3, -0.25) is 4.99 Å². The molecule has 1 atom stereocenters. The van der Waals surface area contributed by atoms with E-state index in [0.29, 0.717) is 12.5 Å². The van der Waals surface area contributed by atoms with E-state index in [4.69, 9.17) is 9.47 Å². The molecule has 146 valence electrons. The Hall–Kier alpha value is -1.63. The maximum Gasteiger partial charge on any atom is 0.193 e. The van der Waals surface area contributed by atoms with Gasteiger partial charge in [0.05, 0.1) is 19.8 Å². The van der Waals surface area contributed by atoms with Crippen molar-refractivity contribution in [2.75, 3.05) is 67.1 Å². The summed E-state index contributed by atoms with van der Waals surface area (Å²) in [7, 11) is 5.71. The van der Waals surface area contributed by atoms with Gasteiger partial charge in [0.25, 0.3) is 0 Å². The maximum atomic E-state index is 5.91. The van der Waals surface area contributed by atoms with Crippen LogP contribution in [0.4, 0.5) is 0 Å². The Kier molecular flexibility index (Phi) is 9.45. The number of likely N-dealkylation sites (tertiary alicyclic amines) is 1. The first-order valence-corrected chi connectivity index (χ1v) is 9.47. The lowest BCUT2D eigenvalue weighted by Crippen LogP contribution is -2.43. The smallest absolute Gasteiger partial charge is 0.193 e. The number of nitrogens with zero attached hydrogens (tertiary/aromatic N) is 3. The average Bonchev–Trinajstić information content (AvgIpc) is 3.13. The van der Waals surface area contributed by atoms with Crippen molar-refractivity contribution in [3.05, 3.63) is 35.9 Å². The van der Waals surface area contributed by atoms with E-state index in [2.05, 4.69) is 51.4 Å². The largest absolute Gasteiger partial charge is 0.383 e. The van der Waals surface area contributed by atoms with Crippen LogP contribution in [0.1, 0.15) is 12.0 Å². The SMILES string of the molecule is CN=C(NCCN(C)CCOC)N1CCC(COCc2ccccc2)C1. The lowest BCUT2D eigenvalue weighted by Gasteiger charge is -2.23. The summed E-state index contributed by atoms with van der Waals surface area (Å²) in [5.41, 5.74) is 1.23. The first-order chi connectivity index (χ1) is 12.7. The minimum Gasteiger partial charge on any atom is -0.383 e. The predicted octanol–water partition coefficient (Wildman–Crippen LogP) is 1.68. The molecule has 1 aliphatic rings. The van der Waals surface area contributed by atoms with Crippen LogP contribution in [0.5, 0.6) is 0 Å². The van der Waals surface area contributed by atoms with Crippen LogP contribution in [0, 0.1) is 5.92 Å². The van der Waals surface area contributed by atoms with Crippen molar-refractivity contribution in [3.63, 3.8) is 0 Å². The lowest BCUT2D eigenvalue weighted by atomic mass is 10.1. The summed E-state index contributed by atoms with van der Waals surface area (Å²) in [4.78, 5) is 9.04.